The van der Waals surface area contributed by atoms with Crippen molar-refractivity contribution in [1.82, 2.24) is 4.98 Å². The summed E-state index contributed by atoms with van der Waals surface area (Å²) < 4.78 is 0. The molecule has 0 aliphatic carbocycles. The highest BCUT2D eigenvalue weighted by Crippen LogP contribution is 2.19. The number of rotatable bonds is 4. The molecule has 0 radical (unpaired) electrons. The molecule has 0 aromatic carbocycles. The molecule has 1 rings (SSSR count). The topological polar surface area (TPSA) is 128 Å². The van der Waals surface area contributed by atoms with Crippen LogP contribution >= 0.6 is 0 Å². The minimum Gasteiger partial charge on any atom is -0.390 e. The average molecular weight is 223 g/mol. The largest absolute Gasteiger partial charge is 0.390 e. The standard InChI is InChI=1S/C9H13N5O2/c1-5-2-6(3-12-9(5)10)8(16)7(15)4-13-14-11/h2-3,7-8,15-16H,4H2,1H3,(H2,10,12). The lowest BCUT2D eigenvalue weighted by atomic mass is 10.0. The summed E-state index contributed by atoms with van der Waals surface area (Å²) in [5.41, 5.74) is 14.8. The van der Waals surface area contributed by atoms with Gasteiger partial charge < -0.3 is 15.9 Å². The highest BCUT2D eigenvalue weighted by molar-refractivity contribution is 5.40. The maximum atomic E-state index is 9.72. The molecule has 1 aromatic heterocycles. The van der Waals surface area contributed by atoms with E-state index < -0.39 is 12.2 Å². The molecule has 0 spiro atoms. The van der Waals surface area contributed by atoms with Gasteiger partial charge in [-0.1, -0.05) is 5.11 Å². The summed E-state index contributed by atoms with van der Waals surface area (Å²) in [5.74, 6) is 0.375. The van der Waals surface area contributed by atoms with Crippen molar-refractivity contribution >= 4 is 5.82 Å². The highest BCUT2D eigenvalue weighted by atomic mass is 16.3. The molecule has 86 valence electrons. The molecule has 7 nitrogen and oxygen atoms in total. The Hall–Kier alpha value is -1.82. The van der Waals surface area contributed by atoms with Crippen LogP contribution in [0.2, 0.25) is 0 Å². The molecule has 0 amide bonds. The first kappa shape index (κ1) is 12.3. The van der Waals surface area contributed by atoms with E-state index in [1.165, 1.54) is 6.20 Å². The van der Waals surface area contributed by atoms with Crippen LogP contribution in [0, 0.1) is 6.92 Å². The molecular weight excluding hydrogens is 210 g/mol. The smallest absolute Gasteiger partial charge is 0.126 e. The van der Waals surface area contributed by atoms with Gasteiger partial charge in [-0.15, -0.1) is 0 Å². The van der Waals surface area contributed by atoms with Crippen LogP contribution in [0.3, 0.4) is 0 Å². The van der Waals surface area contributed by atoms with Gasteiger partial charge in [-0.25, -0.2) is 4.98 Å². The second-order valence-corrected chi connectivity index (χ2v) is 3.40. The molecule has 0 saturated carbocycles. The van der Waals surface area contributed by atoms with Crippen molar-refractivity contribution in [3.63, 3.8) is 0 Å². The number of aromatic nitrogens is 1. The maximum Gasteiger partial charge on any atom is 0.126 e. The number of nitrogens with two attached hydrogens (primary N) is 1. The number of pyridine rings is 1. The van der Waals surface area contributed by atoms with Gasteiger partial charge in [-0.05, 0) is 24.1 Å². The summed E-state index contributed by atoms with van der Waals surface area (Å²) in [5, 5.41) is 22.4. The van der Waals surface area contributed by atoms with E-state index in [1.807, 2.05) is 0 Å². The van der Waals surface area contributed by atoms with E-state index in [-0.39, 0.29) is 6.54 Å². The Morgan fingerprint density at radius 2 is 2.31 bits per heavy atom. The lowest BCUT2D eigenvalue weighted by Crippen LogP contribution is -2.21. The Bertz CT molecular complexity index is 416. The average Bonchev–Trinajstić information content (AvgIpc) is 2.28. The first-order valence-corrected chi connectivity index (χ1v) is 4.65. The van der Waals surface area contributed by atoms with Crippen molar-refractivity contribution in [3.8, 4) is 0 Å². The molecule has 7 heteroatoms. The van der Waals surface area contributed by atoms with Gasteiger partial charge in [-0.2, -0.15) is 0 Å². The molecule has 1 aromatic rings. The third kappa shape index (κ3) is 2.83. The zero-order valence-corrected chi connectivity index (χ0v) is 8.78. The van der Waals surface area contributed by atoms with E-state index in [4.69, 9.17) is 11.3 Å². The van der Waals surface area contributed by atoms with Crippen LogP contribution in [-0.2, 0) is 0 Å². The van der Waals surface area contributed by atoms with Gasteiger partial charge in [0.25, 0.3) is 0 Å². The van der Waals surface area contributed by atoms with E-state index in [9.17, 15) is 10.2 Å². The van der Waals surface area contributed by atoms with E-state index >= 15 is 0 Å². The Labute approximate surface area is 92.2 Å². The quantitative estimate of drug-likeness (QED) is 0.393. The SMILES string of the molecule is Cc1cc(C(O)C(O)CN=[N+]=[N-])cnc1N. The zero-order valence-electron chi connectivity index (χ0n) is 8.78. The maximum absolute atomic E-state index is 9.72. The van der Waals surface area contributed by atoms with E-state index in [0.29, 0.717) is 16.9 Å². The molecular formula is C9H13N5O2. The Morgan fingerprint density at radius 3 is 2.88 bits per heavy atom. The number of hydrogen-bond acceptors (Lipinski definition) is 5. The predicted molar refractivity (Wildman–Crippen MR) is 58.4 cm³/mol. The van der Waals surface area contributed by atoms with E-state index in [0.717, 1.165) is 0 Å². The van der Waals surface area contributed by atoms with Crippen molar-refractivity contribution in [2.24, 2.45) is 5.11 Å². The minimum absolute atomic E-state index is 0.193. The number of aliphatic hydroxyl groups is 2. The van der Waals surface area contributed by atoms with Crippen LogP contribution in [0.15, 0.2) is 17.4 Å². The van der Waals surface area contributed by atoms with Crippen LogP contribution in [0.25, 0.3) is 10.4 Å². The van der Waals surface area contributed by atoms with E-state index in [2.05, 4.69) is 15.0 Å². The molecule has 2 unspecified atom stereocenters. The van der Waals surface area contributed by atoms with Crippen LogP contribution in [0.1, 0.15) is 17.2 Å². The first-order valence-electron chi connectivity index (χ1n) is 4.65. The molecule has 0 aliphatic rings. The predicted octanol–water partition coefficient (Wildman–Crippen LogP) is 0.677. The second-order valence-electron chi connectivity index (χ2n) is 3.40. The van der Waals surface area contributed by atoms with Crippen LogP contribution in [-0.4, -0.2) is 27.8 Å². The summed E-state index contributed by atoms with van der Waals surface area (Å²) >= 11 is 0. The number of hydrogen-bond donors (Lipinski definition) is 3. The number of nitrogens with zero attached hydrogens (tertiary/aromatic N) is 4. The fourth-order valence-corrected chi connectivity index (χ4v) is 1.21. The Kier molecular flexibility index (Phi) is 4.07. The number of nitrogen functional groups attached to an aromatic ring is 1. The van der Waals surface area contributed by atoms with Crippen LogP contribution < -0.4 is 5.73 Å². The summed E-state index contributed by atoms with van der Waals surface area (Å²) in [6.45, 7) is 1.56. The molecule has 16 heavy (non-hydrogen) atoms. The molecule has 0 aliphatic heterocycles. The van der Waals surface area contributed by atoms with Gasteiger partial charge in [0.1, 0.15) is 11.9 Å². The van der Waals surface area contributed by atoms with Crippen molar-refractivity contribution in [2.75, 3.05) is 12.3 Å². The van der Waals surface area contributed by atoms with Crippen molar-refractivity contribution in [3.05, 3.63) is 33.8 Å². The Morgan fingerprint density at radius 1 is 1.62 bits per heavy atom. The number of aliphatic hydroxyl groups excluding tert-OH is 2. The number of azide groups is 1. The van der Waals surface area contributed by atoms with Crippen molar-refractivity contribution < 1.29 is 10.2 Å². The fraction of sp³-hybridized carbons (Fsp3) is 0.444. The zero-order chi connectivity index (χ0) is 12.1. The third-order valence-electron chi connectivity index (χ3n) is 2.18. The molecule has 0 bridgehead atoms. The summed E-state index contributed by atoms with van der Waals surface area (Å²) in [4.78, 5) is 6.37. The number of anilines is 1. The highest BCUT2D eigenvalue weighted by Gasteiger charge is 2.18. The summed E-state index contributed by atoms with van der Waals surface area (Å²) in [6.07, 6.45) is -0.912. The van der Waals surface area contributed by atoms with Gasteiger partial charge in [0.15, 0.2) is 0 Å². The van der Waals surface area contributed by atoms with Gasteiger partial charge in [-0.3, -0.25) is 0 Å². The van der Waals surface area contributed by atoms with Crippen LogP contribution in [0.4, 0.5) is 5.82 Å². The van der Waals surface area contributed by atoms with Gasteiger partial charge in [0.05, 0.1) is 12.6 Å². The van der Waals surface area contributed by atoms with Crippen LogP contribution in [0.5, 0.6) is 0 Å². The second kappa shape index (κ2) is 5.32. The summed E-state index contributed by atoms with van der Waals surface area (Å²) in [6, 6.07) is 1.63. The van der Waals surface area contributed by atoms with Gasteiger partial charge in [0.2, 0.25) is 0 Å². The molecule has 2 atom stereocenters. The third-order valence-corrected chi connectivity index (χ3v) is 2.18. The first-order chi connectivity index (χ1) is 7.56. The van der Waals surface area contributed by atoms with Crippen molar-refractivity contribution in [2.45, 2.75) is 19.1 Å². The van der Waals surface area contributed by atoms with Gasteiger partial charge >= 0.3 is 0 Å². The molecule has 1 heterocycles. The Balaban J connectivity index is 2.82. The van der Waals surface area contributed by atoms with Crippen molar-refractivity contribution in [1.29, 1.82) is 0 Å². The summed E-state index contributed by atoms with van der Waals surface area (Å²) in [7, 11) is 0. The molecule has 0 fully saturated rings. The van der Waals surface area contributed by atoms with Gasteiger partial charge in [0, 0.05) is 16.7 Å². The van der Waals surface area contributed by atoms with E-state index in [1.54, 1.807) is 13.0 Å². The monoisotopic (exact) mass is 223 g/mol. The molecule has 4 N–H and O–H groups in total. The number of aryl methyl sites for hydroxylation is 1. The lowest BCUT2D eigenvalue weighted by molar-refractivity contribution is 0.0242. The lowest BCUT2D eigenvalue weighted by Gasteiger charge is -2.16. The normalized spacial score (nSPS) is 13.9. The minimum atomic E-state index is -1.15. The molecule has 0 saturated heterocycles. The fourth-order valence-electron chi connectivity index (χ4n) is 1.21.